The zero-order valence-electron chi connectivity index (χ0n) is 11.3. The molecule has 0 atom stereocenters. The Labute approximate surface area is 129 Å². The molecule has 7 heteroatoms. The van der Waals surface area contributed by atoms with Crippen LogP contribution in [-0.2, 0) is 18.8 Å². The number of hydrogen-bond donors (Lipinski definition) is 1. The molecule has 0 aliphatic rings. The van der Waals surface area contributed by atoms with Gasteiger partial charge in [-0.05, 0) is 40.8 Å². The maximum absolute atomic E-state index is 12.1. The van der Waals surface area contributed by atoms with E-state index in [2.05, 4.69) is 27.9 Å². The lowest BCUT2D eigenvalue weighted by Gasteiger charge is -2.05. The van der Waals surface area contributed by atoms with Crippen LogP contribution >= 0.6 is 22.6 Å². The predicted octanol–water partition coefficient (Wildman–Crippen LogP) is 2.01. The highest BCUT2D eigenvalue weighted by molar-refractivity contribution is 14.1. The number of carbonyl (C=O) groups is 2. The van der Waals surface area contributed by atoms with Crippen LogP contribution in [0.5, 0.6) is 0 Å². The SMILES string of the molecule is COC(=O)c1cc(NC(=O)c2cccn2C)c(I)n1C. The van der Waals surface area contributed by atoms with Crippen LogP contribution in [0.3, 0.4) is 0 Å². The van der Waals surface area contributed by atoms with Crippen molar-refractivity contribution in [2.45, 2.75) is 0 Å². The lowest BCUT2D eigenvalue weighted by Crippen LogP contribution is -2.15. The first kappa shape index (κ1) is 14.6. The van der Waals surface area contributed by atoms with Gasteiger partial charge in [0, 0.05) is 20.3 Å². The predicted molar refractivity (Wildman–Crippen MR) is 82.8 cm³/mol. The third kappa shape index (κ3) is 2.58. The third-order valence-electron chi connectivity index (χ3n) is 2.98. The highest BCUT2D eigenvalue weighted by Crippen LogP contribution is 2.23. The van der Waals surface area contributed by atoms with E-state index in [1.807, 2.05) is 0 Å². The minimum Gasteiger partial charge on any atom is -0.464 e. The number of halogens is 1. The van der Waals surface area contributed by atoms with Crippen molar-refractivity contribution >= 4 is 40.2 Å². The summed E-state index contributed by atoms with van der Waals surface area (Å²) >= 11 is 2.07. The summed E-state index contributed by atoms with van der Waals surface area (Å²) in [4.78, 5) is 23.8. The van der Waals surface area contributed by atoms with Gasteiger partial charge in [-0.3, -0.25) is 4.79 Å². The Hall–Kier alpha value is -1.77. The average molecular weight is 387 g/mol. The van der Waals surface area contributed by atoms with Crippen LogP contribution in [0.2, 0.25) is 0 Å². The zero-order valence-corrected chi connectivity index (χ0v) is 13.5. The van der Waals surface area contributed by atoms with Crippen LogP contribution in [0.25, 0.3) is 0 Å². The number of ether oxygens (including phenoxy) is 1. The molecule has 1 amide bonds. The molecular formula is C13H14IN3O3. The van der Waals surface area contributed by atoms with Crippen LogP contribution in [0.4, 0.5) is 5.69 Å². The first-order chi connectivity index (χ1) is 9.45. The highest BCUT2D eigenvalue weighted by Gasteiger charge is 2.19. The van der Waals surface area contributed by atoms with Crippen molar-refractivity contribution in [1.29, 1.82) is 0 Å². The molecule has 2 aromatic heterocycles. The fourth-order valence-corrected chi connectivity index (χ4v) is 2.40. The zero-order chi connectivity index (χ0) is 14.9. The molecule has 0 radical (unpaired) electrons. The molecule has 0 fully saturated rings. The largest absolute Gasteiger partial charge is 0.464 e. The lowest BCUT2D eigenvalue weighted by molar-refractivity contribution is 0.0589. The number of carbonyl (C=O) groups excluding carboxylic acids is 2. The molecule has 0 unspecified atom stereocenters. The van der Waals surface area contributed by atoms with Crippen LogP contribution in [0.1, 0.15) is 21.0 Å². The smallest absolute Gasteiger partial charge is 0.354 e. The number of methoxy groups -OCH3 is 1. The van der Waals surface area contributed by atoms with Gasteiger partial charge in [0.05, 0.1) is 12.8 Å². The van der Waals surface area contributed by atoms with E-state index in [1.165, 1.54) is 7.11 Å². The standard InChI is InChI=1S/C13H14IN3O3/c1-16-6-4-5-9(16)12(18)15-8-7-10(13(19)20-3)17(2)11(8)14/h4-7H,1-3H3,(H,15,18). The van der Waals surface area contributed by atoms with Crippen LogP contribution in [-0.4, -0.2) is 28.1 Å². The molecule has 20 heavy (non-hydrogen) atoms. The fourth-order valence-electron chi connectivity index (χ4n) is 1.85. The Balaban J connectivity index is 2.29. The summed E-state index contributed by atoms with van der Waals surface area (Å²) in [5.74, 6) is -0.665. The molecule has 0 bridgehead atoms. The van der Waals surface area contributed by atoms with E-state index >= 15 is 0 Å². The molecule has 0 aromatic carbocycles. The van der Waals surface area contributed by atoms with Gasteiger partial charge in [0.2, 0.25) is 0 Å². The summed E-state index contributed by atoms with van der Waals surface area (Å²) in [6, 6.07) is 5.13. The normalized spacial score (nSPS) is 10.4. The number of nitrogens with one attached hydrogen (secondary N) is 1. The maximum Gasteiger partial charge on any atom is 0.354 e. The van der Waals surface area contributed by atoms with Gasteiger partial charge in [0.15, 0.2) is 0 Å². The molecule has 0 spiro atoms. The quantitative estimate of drug-likeness (QED) is 0.648. The number of amides is 1. The number of aryl methyl sites for hydroxylation is 1. The van der Waals surface area contributed by atoms with Gasteiger partial charge in [-0.25, -0.2) is 4.79 Å². The van der Waals surface area contributed by atoms with Crippen molar-refractivity contribution in [1.82, 2.24) is 9.13 Å². The Kier molecular flexibility index (Phi) is 4.17. The van der Waals surface area contributed by atoms with Crippen molar-refractivity contribution in [3.63, 3.8) is 0 Å². The van der Waals surface area contributed by atoms with Crippen molar-refractivity contribution in [3.05, 3.63) is 39.5 Å². The highest BCUT2D eigenvalue weighted by atomic mass is 127. The Morgan fingerprint density at radius 2 is 2.00 bits per heavy atom. The summed E-state index contributed by atoms with van der Waals surface area (Å²) in [5.41, 5.74) is 1.52. The van der Waals surface area contributed by atoms with Gasteiger partial charge in [-0.1, -0.05) is 0 Å². The Morgan fingerprint density at radius 3 is 2.55 bits per heavy atom. The van der Waals surface area contributed by atoms with E-state index in [1.54, 1.807) is 47.6 Å². The average Bonchev–Trinajstić information content (AvgIpc) is 2.97. The molecule has 0 saturated heterocycles. The Morgan fingerprint density at radius 1 is 1.30 bits per heavy atom. The number of aromatic nitrogens is 2. The van der Waals surface area contributed by atoms with Gasteiger partial charge in [-0.2, -0.15) is 0 Å². The number of esters is 1. The number of anilines is 1. The van der Waals surface area contributed by atoms with Crippen molar-refractivity contribution in [3.8, 4) is 0 Å². The van der Waals surface area contributed by atoms with E-state index in [4.69, 9.17) is 4.74 Å². The maximum atomic E-state index is 12.1. The molecule has 2 aromatic rings. The number of nitrogens with zero attached hydrogens (tertiary/aromatic N) is 2. The van der Waals surface area contributed by atoms with Gasteiger partial charge < -0.3 is 19.2 Å². The minimum atomic E-state index is -0.440. The summed E-state index contributed by atoms with van der Waals surface area (Å²) < 4.78 is 8.86. The first-order valence-electron chi connectivity index (χ1n) is 5.82. The fraction of sp³-hybridized carbons (Fsp3) is 0.231. The van der Waals surface area contributed by atoms with Crippen molar-refractivity contribution in [2.75, 3.05) is 12.4 Å². The molecule has 0 aliphatic carbocycles. The van der Waals surface area contributed by atoms with E-state index in [0.29, 0.717) is 17.1 Å². The van der Waals surface area contributed by atoms with E-state index in [0.717, 1.165) is 3.70 Å². The van der Waals surface area contributed by atoms with Gasteiger partial charge in [-0.15, -0.1) is 0 Å². The van der Waals surface area contributed by atoms with Crippen molar-refractivity contribution in [2.24, 2.45) is 14.1 Å². The second kappa shape index (κ2) is 5.70. The monoisotopic (exact) mass is 387 g/mol. The molecule has 0 aliphatic heterocycles. The second-order valence-electron chi connectivity index (χ2n) is 4.24. The summed E-state index contributed by atoms with van der Waals surface area (Å²) in [6.45, 7) is 0. The second-order valence-corrected chi connectivity index (χ2v) is 5.26. The summed E-state index contributed by atoms with van der Waals surface area (Å²) in [6.07, 6.45) is 1.80. The van der Waals surface area contributed by atoms with Crippen LogP contribution in [0.15, 0.2) is 24.4 Å². The molecule has 0 saturated carbocycles. The Bertz CT molecular complexity index is 672. The summed E-state index contributed by atoms with van der Waals surface area (Å²) in [7, 11) is 4.86. The third-order valence-corrected chi connectivity index (χ3v) is 4.28. The van der Waals surface area contributed by atoms with E-state index in [-0.39, 0.29) is 5.91 Å². The number of hydrogen-bond acceptors (Lipinski definition) is 3. The van der Waals surface area contributed by atoms with E-state index < -0.39 is 5.97 Å². The van der Waals surface area contributed by atoms with E-state index in [9.17, 15) is 9.59 Å². The van der Waals surface area contributed by atoms with Crippen LogP contribution in [0, 0.1) is 3.70 Å². The van der Waals surface area contributed by atoms with Crippen LogP contribution < -0.4 is 5.32 Å². The molecule has 6 nitrogen and oxygen atoms in total. The lowest BCUT2D eigenvalue weighted by atomic mass is 10.3. The molecule has 1 N–H and O–H groups in total. The van der Waals surface area contributed by atoms with Gasteiger partial charge >= 0.3 is 5.97 Å². The molecular weight excluding hydrogens is 373 g/mol. The summed E-state index contributed by atoms with van der Waals surface area (Å²) in [5, 5.41) is 2.80. The minimum absolute atomic E-state index is 0.225. The van der Waals surface area contributed by atoms with Gasteiger partial charge in [0.1, 0.15) is 15.1 Å². The van der Waals surface area contributed by atoms with Gasteiger partial charge in [0.25, 0.3) is 5.91 Å². The first-order valence-corrected chi connectivity index (χ1v) is 6.89. The topological polar surface area (TPSA) is 65.3 Å². The molecule has 106 valence electrons. The van der Waals surface area contributed by atoms with Crippen molar-refractivity contribution < 1.29 is 14.3 Å². The molecule has 2 rings (SSSR count). The molecule has 2 heterocycles. The number of rotatable bonds is 3.